The standard InChI is InChI=1S/C15H20N8O/c16-3-1-2-4-24-12-7-22(8-12)14-6-11(23-9-17-18-10-23)5-13-15(14)20-21-19-13/h5-6,9-10,12H,1-4,7-8,16H2,(H,19,20,21). The summed E-state index contributed by atoms with van der Waals surface area (Å²) >= 11 is 0. The van der Waals surface area contributed by atoms with Gasteiger partial charge < -0.3 is 15.4 Å². The Hall–Kier alpha value is -2.52. The van der Waals surface area contributed by atoms with Crippen molar-refractivity contribution in [1.29, 1.82) is 0 Å². The Kier molecular flexibility index (Phi) is 4.09. The van der Waals surface area contributed by atoms with Gasteiger partial charge in [0.2, 0.25) is 0 Å². The van der Waals surface area contributed by atoms with Gasteiger partial charge in [0.25, 0.3) is 0 Å². The zero-order valence-electron chi connectivity index (χ0n) is 13.3. The third-order valence-corrected chi connectivity index (χ3v) is 4.24. The lowest BCUT2D eigenvalue weighted by Crippen LogP contribution is -2.52. The van der Waals surface area contributed by atoms with Crippen LogP contribution in [-0.4, -0.2) is 62.5 Å². The zero-order valence-corrected chi connectivity index (χ0v) is 13.3. The number of aromatic amines is 1. The average molecular weight is 328 g/mol. The highest BCUT2D eigenvalue weighted by atomic mass is 16.5. The smallest absolute Gasteiger partial charge is 0.136 e. The van der Waals surface area contributed by atoms with E-state index < -0.39 is 0 Å². The van der Waals surface area contributed by atoms with Crippen LogP contribution in [0.4, 0.5) is 5.69 Å². The molecule has 0 aliphatic carbocycles. The quantitative estimate of drug-likeness (QED) is 0.607. The van der Waals surface area contributed by atoms with E-state index >= 15 is 0 Å². The molecule has 1 aliphatic heterocycles. The van der Waals surface area contributed by atoms with Gasteiger partial charge in [-0.05, 0) is 31.5 Å². The Morgan fingerprint density at radius 1 is 1.17 bits per heavy atom. The lowest BCUT2D eigenvalue weighted by atomic mass is 10.1. The number of benzene rings is 1. The Bertz CT molecular complexity index is 793. The molecule has 1 aliphatic rings. The summed E-state index contributed by atoms with van der Waals surface area (Å²) in [6.45, 7) is 3.21. The van der Waals surface area contributed by atoms with Crippen molar-refractivity contribution in [2.45, 2.75) is 18.9 Å². The van der Waals surface area contributed by atoms with Crippen LogP contribution in [0, 0.1) is 0 Å². The number of hydrogen-bond acceptors (Lipinski definition) is 7. The van der Waals surface area contributed by atoms with Crippen LogP contribution in [0.3, 0.4) is 0 Å². The van der Waals surface area contributed by atoms with Crippen LogP contribution in [-0.2, 0) is 4.74 Å². The van der Waals surface area contributed by atoms with Crippen molar-refractivity contribution < 1.29 is 4.74 Å². The number of nitrogens with one attached hydrogen (secondary N) is 1. The van der Waals surface area contributed by atoms with Crippen LogP contribution in [0.25, 0.3) is 16.7 Å². The molecule has 0 saturated carbocycles. The molecule has 3 heterocycles. The summed E-state index contributed by atoms with van der Waals surface area (Å²) in [5.41, 5.74) is 9.20. The lowest BCUT2D eigenvalue weighted by Gasteiger charge is -2.40. The fraction of sp³-hybridized carbons (Fsp3) is 0.467. The van der Waals surface area contributed by atoms with E-state index in [2.05, 4.69) is 36.6 Å². The summed E-state index contributed by atoms with van der Waals surface area (Å²) in [4.78, 5) is 2.26. The van der Waals surface area contributed by atoms with Crippen molar-refractivity contribution in [2.24, 2.45) is 5.73 Å². The molecule has 0 spiro atoms. The second-order valence-electron chi connectivity index (χ2n) is 5.92. The van der Waals surface area contributed by atoms with Gasteiger partial charge in [0.15, 0.2) is 0 Å². The highest BCUT2D eigenvalue weighted by Crippen LogP contribution is 2.31. The van der Waals surface area contributed by atoms with Crippen molar-refractivity contribution in [2.75, 3.05) is 31.1 Å². The number of rotatable bonds is 7. The van der Waals surface area contributed by atoms with Crippen molar-refractivity contribution in [1.82, 2.24) is 30.2 Å². The van der Waals surface area contributed by atoms with Gasteiger partial charge in [-0.3, -0.25) is 4.57 Å². The minimum Gasteiger partial charge on any atom is -0.375 e. The number of anilines is 1. The Morgan fingerprint density at radius 3 is 2.79 bits per heavy atom. The molecule has 4 rings (SSSR count). The molecule has 0 amide bonds. The van der Waals surface area contributed by atoms with Crippen LogP contribution in [0.1, 0.15) is 12.8 Å². The molecule has 0 atom stereocenters. The van der Waals surface area contributed by atoms with Gasteiger partial charge in [-0.15, -0.1) is 10.2 Å². The number of ether oxygens (including phenoxy) is 1. The van der Waals surface area contributed by atoms with E-state index in [9.17, 15) is 0 Å². The molecule has 1 fully saturated rings. The molecule has 9 nitrogen and oxygen atoms in total. The Balaban J connectivity index is 1.49. The predicted octanol–water partition coefficient (Wildman–Crippen LogP) is 0.483. The summed E-state index contributed by atoms with van der Waals surface area (Å²) in [5, 5.41) is 18.9. The van der Waals surface area contributed by atoms with Gasteiger partial charge in [0.05, 0.1) is 17.5 Å². The van der Waals surface area contributed by atoms with Crippen molar-refractivity contribution >= 4 is 16.7 Å². The van der Waals surface area contributed by atoms with Gasteiger partial charge in [-0.25, -0.2) is 0 Å². The summed E-state index contributed by atoms with van der Waals surface area (Å²) in [6, 6.07) is 4.05. The average Bonchev–Trinajstić information content (AvgIpc) is 3.23. The third kappa shape index (κ3) is 2.83. The van der Waals surface area contributed by atoms with Gasteiger partial charge >= 0.3 is 0 Å². The summed E-state index contributed by atoms with van der Waals surface area (Å²) in [5.74, 6) is 0. The third-order valence-electron chi connectivity index (χ3n) is 4.24. The predicted molar refractivity (Wildman–Crippen MR) is 89.0 cm³/mol. The first kappa shape index (κ1) is 15.0. The number of fused-ring (bicyclic) bond motifs is 1. The molecule has 0 unspecified atom stereocenters. The van der Waals surface area contributed by atoms with Crippen LogP contribution >= 0.6 is 0 Å². The van der Waals surface area contributed by atoms with Crippen LogP contribution in [0.2, 0.25) is 0 Å². The zero-order chi connectivity index (χ0) is 16.4. The molecule has 3 N–H and O–H groups in total. The van der Waals surface area contributed by atoms with E-state index in [1.165, 1.54) is 0 Å². The van der Waals surface area contributed by atoms with Gasteiger partial charge in [0, 0.05) is 19.7 Å². The van der Waals surface area contributed by atoms with Gasteiger partial charge in [-0.2, -0.15) is 15.4 Å². The molecule has 1 aromatic carbocycles. The molecule has 126 valence electrons. The Labute approximate surface area is 138 Å². The second-order valence-corrected chi connectivity index (χ2v) is 5.92. The van der Waals surface area contributed by atoms with E-state index in [1.54, 1.807) is 12.7 Å². The van der Waals surface area contributed by atoms with Crippen LogP contribution in [0.15, 0.2) is 24.8 Å². The lowest BCUT2D eigenvalue weighted by molar-refractivity contribution is 0.0326. The summed E-state index contributed by atoms with van der Waals surface area (Å²) in [7, 11) is 0. The number of nitrogens with two attached hydrogens (primary N) is 1. The summed E-state index contributed by atoms with van der Waals surface area (Å²) in [6.07, 6.45) is 5.64. The van der Waals surface area contributed by atoms with Crippen LogP contribution in [0.5, 0.6) is 0 Å². The maximum absolute atomic E-state index is 5.86. The topological polar surface area (TPSA) is 111 Å². The Morgan fingerprint density at radius 2 is 2.00 bits per heavy atom. The summed E-state index contributed by atoms with van der Waals surface area (Å²) < 4.78 is 7.72. The SMILES string of the molecule is NCCCCOC1CN(c2cc(-n3cnnc3)cc3n[nH]nc23)C1. The second kappa shape index (κ2) is 6.54. The molecular weight excluding hydrogens is 308 g/mol. The van der Waals surface area contributed by atoms with E-state index in [0.717, 1.165) is 61.5 Å². The maximum Gasteiger partial charge on any atom is 0.136 e. The van der Waals surface area contributed by atoms with Crippen LogP contribution < -0.4 is 10.6 Å². The maximum atomic E-state index is 5.86. The van der Waals surface area contributed by atoms with Gasteiger partial charge in [0.1, 0.15) is 23.7 Å². The van der Waals surface area contributed by atoms with Crippen molar-refractivity contribution in [3.05, 3.63) is 24.8 Å². The van der Waals surface area contributed by atoms with E-state index in [4.69, 9.17) is 10.5 Å². The van der Waals surface area contributed by atoms with Crippen molar-refractivity contribution in [3.8, 4) is 5.69 Å². The number of H-pyrrole nitrogens is 1. The number of unbranched alkanes of at least 4 members (excludes halogenated alkanes) is 1. The highest BCUT2D eigenvalue weighted by Gasteiger charge is 2.29. The fourth-order valence-corrected chi connectivity index (χ4v) is 2.88. The molecular formula is C15H20N8O. The number of hydrogen-bond donors (Lipinski definition) is 2. The molecule has 0 bridgehead atoms. The van der Waals surface area contributed by atoms with Crippen molar-refractivity contribution in [3.63, 3.8) is 0 Å². The van der Waals surface area contributed by atoms with E-state index in [0.29, 0.717) is 0 Å². The molecule has 24 heavy (non-hydrogen) atoms. The van der Waals surface area contributed by atoms with E-state index in [1.807, 2.05) is 10.6 Å². The minimum absolute atomic E-state index is 0.267. The number of aromatic nitrogens is 6. The molecule has 3 aromatic rings. The first-order valence-electron chi connectivity index (χ1n) is 8.11. The van der Waals surface area contributed by atoms with Gasteiger partial charge in [-0.1, -0.05) is 0 Å². The first-order valence-corrected chi connectivity index (χ1v) is 8.11. The normalized spacial score (nSPS) is 15.1. The minimum atomic E-state index is 0.267. The molecule has 2 aromatic heterocycles. The monoisotopic (exact) mass is 328 g/mol. The molecule has 0 radical (unpaired) electrons. The highest BCUT2D eigenvalue weighted by molar-refractivity contribution is 5.90. The molecule has 9 heteroatoms. The fourth-order valence-electron chi connectivity index (χ4n) is 2.88. The number of nitrogens with zero attached hydrogens (tertiary/aromatic N) is 6. The molecule has 1 saturated heterocycles. The first-order chi connectivity index (χ1) is 11.8. The largest absolute Gasteiger partial charge is 0.375 e. The van der Waals surface area contributed by atoms with E-state index in [-0.39, 0.29) is 6.10 Å².